The van der Waals surface area contributed by atoms with Crippen LogP contribution in [0.4, 0.5) is 18.6 Å². The van der Waals surface area contributed by atoms with Crippen molar-refractivity contribution in [3.05, 3.63) is 24.5 Å². The molecule has 0 saturated heterocycles. The van der Waals surface area contributed by atoms with Crippen LogP contribution >= 0.6 is 0 Å². The Hall–Kier alpha value is -1.20. The third-order valence-corrected chi connectivity index (χ3v) is 1.60. The predicted molar refractivity (Wildman–Crippen MR) is 45.4 cm³/mol. The Morgan fingerprint density at radius 1 is 1.38 bits per heavy atom. The average Bonchev–Trinajstić information content (AvgIpc) is 2.01. The minimum absolute atomic E-state index is 0.0208. The molecule has 0 aromatic carbocycles. The van der Waals surface area contributed by atoms with E-state index in [0.717, 1.165) is 6.20 Å². The summed E-state index contributed by atoms with van der Waals surface area (Å²) in [5.74, 6) is 0. The molecule has 1 heterocycles. The molecule has 2 nitrogen and oxygen atoms in total. The summed E-state index contributed by atoms with van der Waals surface area (Å²) >= 11 is 0. The molecule has 0 aliphatic carbocycles. The van der Waals surface area contributed by atoms with Crippen LogP contribution in [-0.2, 0) is 0 Å². The van der Waals surface area contributed by atoms with Crippen molar-refractivity contribution in [2.24, 2.45) is 0 Å². The van der Waals surface area contributed by atoms with Crippen LogP contribution in [0.25, 0.3) is 0 Å². The van der Waals surface area contributed by atoms with Gasteiger partial charge in [0.05, 0.1) is 0 Å². The van der Waals surface area contributed by atoms with Crippen LogP contribution in [0, 0.1) is 0 Å². The molecule has 0 bridgehead atoms. The Balaban J connectivity index is 3.15. The van der Waals surface area contributed by atoms with Gasteiger partial charge in [-0.3, -0.25) is 0 Å². The van der Waals surface area contributed by atoms with E-state index < -0.39 is 13.3 Å². The van der Waals surface area contributed by atoms with E-state index in [4.69, 9.17) is 1.37 Å². The van der Waals surface area contributed by atoms with E-state index in [9.17, 15) is 12.9 Å². The number of hydrogen-bond donors (Lipinski definition) is 0. The van der Waals surface area contributed by atoms with Gasteiger partial charge < -0.3 is 22.3 Å². The zero-order valence-electron chi connectivity index (χ0n) is 8.34. The van der Waals surface area contributed by atoms with Gasteiger partial charge in [-0.2, -0.15) is 0 Å². The second-order valence-corrected chi connectivity index (χ2v) is 2.86. The van der Waals surface area contributed by atoms with E-state index in [1.54, 1.807) is 19.0 Å². The van der Waals surface area contributed by atoms with Crippen molar-refractivity contribution in [2.75, 3.05) is 19.0 Å². The minimum atomic E-state index is -5.16. The van der Waals surface area contributed by atoms with E-state index in [0.29, 0.717) is 5.69 Å². The summed E-state index contributed by atoms with van der Waals surface area (Å²) in [5, 5.41) is 0. The smallest absolute Gasteiger partial charge is 0.379 e. The molecule has 0 saturated carbocycles. The SMILES string of the molecule is [2H]c1cc(N(C)C)cc[n+]1[B-](F)(F)F. The Kier molecular flexibility index (Phi) is 2.12. The highest BCUT2D eigenvalue weighted by Crippen LogP contribution is 2.09. The molecule has 0 atom stereocenters. The van der Waals surface area contributed by atoms with Crippen molar-refractivity contribution >= 4 is 12.8 Å². The second kappa shape index (κ2) is 3.28. The van der Waals surface area contributed by atoms with Gasteiger partial charge in [0.2, 0.25) is 0 Å². The highest BCUT2D eigenvalue weighted by Gasteiger charge is 2.40. The van der Waals surface area contributed by atoms with Crippen molar-refractivity contribution in [3.8, 4) is 0 Å². The highest BCUT2D eigenvalue weighted by molar-refractivity contribution is 6.48. The number of rotatable bonds is 2. The van der Waals surface area contributed by atoms with Crippen LogP contribution in [0.5, 0.6) is 0 Å². The molecule has 0 fully saturated rings. The van der Waals surface area contributed by atoms with Gasteiger partial charge >= 0.3 is 7.11 Å². The third-order valence-electron chi connectivity index (χ3n) is 1.60. The molecule has 0 spiro atoms. The topological polar surface area (TPSA) is 7.12 Å². The summed E-state index contributed by atoms with van der Waals surface area (Å²) in [7, 11) is -1.74. The lowest BCUT2D eigenvalue weighted by molar-refractivity contribution is -0.575. The van der Waals surface area contributed by atoms with Crippen LogP contribution in [0.1, 0.15) is 1.37 Å². The van der Waals surface area contributed by atoms with Gasteiger partial charge in [0.25, 0.3) is 0 Å². The largest absolute Gasteiger partial charge is 0.810 e. The standard InChI is InChI=1S/C7H10BF3N2/c1-12(2)7-3-5-13(6-4-7)8(9,10)11/h3-6H,1-2H3/i5D. The summed E-state index contributed by atoms with van der Waals surface area (Å²) in [6.07, 6.45) is 0.321. The fourth-order valence-electron chi connectivity index (χ4n) is 0.849. The summed E-state index contributed by atoms with van der Waals surface area (Å²) in [6, 6.07) is 2.50. The Bertz CT molecular complexity index is 340. The van der Waals surface area contributed by atoms with Crippen molar-refractivity contribution < 1.29 is 18.8 Å². The minimum Gasteiger partial charge on any atom is -0.379 e. The van der Waals surface area contributed by atoms with Crippen LogP contribution in [0.15, 0.2) is 24.5 Å². The molecule has 72 valence electrons. The van der Waals surface area contributed by atoms with Crippen molar-refractivity contribution in [1.82, 2.24) is 0 Å². The van der Waals surface area contributed by atoms with Gasteiger partial charge in [0.1, 0.15) is 13.7 Å². The lowest BCUT2D eigenvalue weighted by atomic mass is 10.1. The summed E-state index contributed by atoms with van der Waals surface area (Å²) in [6.45, 7) is 0. The maximum Gasteiger partial charge on any atom is 0.810 e. The average molecular weight is 191 g/mol. The van der Waals surface area contributed by atoms with Gasteiger partial charge in [-0.15, -0.1) is 0 Å². The first-order valence-electron chi connectivity index (χ1n) is 4.21. The lowest BCUT2D eigenvalue weighted by Gasteiger charge is -2.13. The molecular weight excluding hydrogens is 180 g/mol. The molecule has 6 heteroatoms. The monoisotopic (exact) mass is 191 g/mol. The normalized spacial score (nSPS) is 12.5. The molecule has 13 heavy (non-hydrogen) atoms. The molecule has 0 aliphatic heterocycles. The van der Waals surface area contributed by atoms with E-state index >= 15 is 0 Å². The number of halogens is 3. The van der Waals surface area contributed by atoms with Crippen molar-refractivity contribution in [3.63, 3.8) is 0 Å². The van der Waals surface area contributed by atoms with Crippen molar-refractivity contribution in [2.45, 2.75) is 0 Å². The van der Waals surface area contributed by atoms with Crippen LogP contribution < -0.4 is 9.38 Å². The van der Waals surface area contributed by atoms with Gasteiger partial charge in [-0.05, 0) is 0 Å². The second-order valence-electron chi connectivity index (χ2n) is 2.86. The molecule has 0 N–H and O–H groups in total. The first-order chi connectivity index (χ1) is 6.32. The van der Waals surface area contributed by atoms with Crippen LogP contribution in [-0.4, -0.2) is 21.2 Å². The fourth-order valence-corrected chi connectivity index (χ4v) is 0.849. The molecule has 0 amide bonds. The van der Waals surface area contributed by atoms with Gasteiger partial charge in [-0.25, -0.2) is 0 Å². The Morgan fingerprint density at radius 3 is 2.38 bits per heavy atom. The number of nitrogens with zero attached hydrogens (tertiary/aromatic N) is 2. The number of hydrogen-bond acceptors (Lipinski definition) is 1. The van der Waals surface area contributed by atoms with Gasteiger partial charge in [0, 0.05) is 31.9 Å². The van der Waals surface area contributed by atoms with Gasteiger partial charge in [-0.1, -0.05) is 0 Å². The van der Waals surface area contributed by atoms with E-state index in [1.165, 1.54) is 12.1 Å². The van der Waals surface area contributed by atoms with Crippen LogP contribution in [0.2, 0.25) is 0 Å². The first-order valence-corrected chi connectivity index (χ1v) is 3.71. The van der Waals surface area contributed by atoms with Crippen molar-refractivity contribution in [1.29, 1.82) is 0 Å². The molecule has 0 radical (unpaired) electrons. The highest BCUT2D eigenvalue weighted by atomic mass is 19.4. The van der Waals surface area contributed by atoms with E-state index in [2.05, 4.69) is 0 Å². The molecule has 1 aromatic rings. The molecule has 1 aromatic heterocycles. The Morgan fingerprint density at radius 2 is 2.00 bits per heavy atom. The molecule has 1 rings (SSSR count). The fraction of sp³-hybridized carbons (Fsp3) is 0.286. The molecular formula is C7H10BF3N2. The summed E-state index contributed by atoms with van der Waals surface area (Å²) in [4.78, 5) is 1.64. The van der Waals surface area contributed by atoms with E-state index in [-0.39, 0.29) is 4.48 Å². The first kappa shape index (κ1) is 8.41. The Labute approximate surface area is 76.1 Å². The third kappa shape index (κ3) is 2.37. The predicted octanol–water partition coefficient (Wildman–Crippen LogP) is 1.23. The molecule has 0 unspecified atom stereocenters. The van der Waals surface area contributed by atoms with Gasteiger partial charge in [0.15, 0.2) is 0 Å². The lowest BCUT2D eigenvalue weighted by Crippen LogP contribution is -2.54. The number of pyridine rings is 1. The maximum atomic E-state index is 12.3. The van der Waals surface area contributed by atoms with Crippen LogP contribution in [0.3, 0.4) is 0 Å². The maximum absolute atomic E-state index is 12.3. The zero-order valence-corrected chi connectivity index (χ0v) is 7.34. The number of anilines is 1. The number of aromatic nitrogens is 1. The summed E-state index contributed by atoms with van der Waals surface area (Å²) < 4.78 is 44.0. The summed E-state index contributed by atoms with van der Waals surface area (Å²) in [5.41, 5.74) is 0.575. The zero-order chi connectivity index (χ0) is 10.9. The van der Waals surface area contributed by atoms with E-state index in [1.807, 2.05) is 0 Å². The molecule has 0 aliphatic rings. The quantitative estimate of drug-likeness (QED) is 0.637.